The van der Waals surface area contributed by atoms with E-state index in [1.807, 2.05) is 35.2 Å². The van der Waals surface area contributed by atoms with E-state index in [0.29, 0.717) is 26.1 Å². The van der Waals surface area contributed by atoms with Crippen molar-refractivity contribution in [1.29, 1.82) is 0 Å². The molecule has 2 aromatic rings. The number of likely N-dealkylation sites (tertiary alicyclic amines) is 1. The summed E-state index contributed by atoms with van der Waals surface area (Å²) in [5, 5.41) is -0.254. The zero-order valence-corrected chi connectivity index (χ0v) is 18.9. The molecule has 0 radical (unpaired) electrons. The second-order valence-corrected chi connectivity index (χ2v) is 10.2. The van der Waals surface area contributed by atoms with E-state index >= 15 is 0 Å². The Morgan fingerprint density at radius 3 is 2.34 bits per heavy atom. The Kier molecular flexibility index (Phi) is 6.62. The summed E-state index contributed by atoms with van der Waals surface area (Å²) in [4.78, 5) is 28.4. The van der Waals surface area contributed by atoms with E-state index in [9.17, 15) is 22.4 Å². The number of sulfonamides is 1. The number of hydrogen-bond donors (Lipinski definition) is 0. The quantitative estimate of drug-likeness (QED) is 0.593. The molecule has 0 bridgehead atoms. The van der Waals surface area contributed by atoms with Gasteiger partial charge in [-0.1, -0.05) is 41.9 Å². The number of benzene rings is 2. The van der Waals surface area contributed by atoms with Gasteiger partial charge in [0.1, 0.15) is 5.82 Å². The van der Waals surface area contributed by atoms with Crippen molar-refractivity contribution in [2.75, 3.05) is 32.7 Å². The highest BCUT2D eigenvalue weighted by atomic mass is 35.5. The fraction of sp³-hybridized carbons (Fsp3) is 0.364. The SMILES string of the molecule is O=C1CC(N2CCN(S(=O)(=O)c3ccc(F)c(Cl)c3)CC2)C(=O)N1CCc1ccccc1. The van der Waals surface area contributed by atoms with Crippen LogP contribution in [0.5, 0.6) is 0 Å². The van der Waals surface area contributed by atoms with Crippen LogP contribution in [0.2, 0.25) is 5.02 Å². The summed E-state index contributed by atoms with van der Waals surface area (Å²) in [6, 6.07) is 12.4. The van der Waals surface area contributed by atoms with Gasteiger partial charge in [0.25, 0.3) is 0 Å². The molecule has 170 valence electrons. The lowest BCUT2D eigenvalue weighted by atomic mass is 10.1. The van der Waals surface area contributed by atoms with E-state index in [-0.39, 0.29) is 41.2 Å². The van der Waals surface area contributed by atoms with Gasteiger partial charge in [0.05, 0.1) is 22.4 Å². The van der Waals surface area contributed by atoms with Crippen LogP contribution in [0.15, 0.2) is 53.4 Å². The summed E-state index contributed by atoms with van der Waals surface area (Å²) in [6.07, 6.45) is 0.700. The minimum atomic E-state index is -3.83. The summed E-state index contributed by atoms with van der Waals surface area (Å²) in [5.41, 5.74) is 1.05. The maximum atomic E-state index is 13.4. The summed E-state index contributed by atoms with van der Waals surface area (Å²) in [6.45, 7) is 1.31. The molecular weight excluding hydrogens is 457 g/mol. The lowest BCUT2D eigenvalue weighted by molar-refractivity contribution is -0.139. The number of amides is 2. The maximum Gasteiger partial charge on any atom is 0.247 e. The van der Waals surface area contributed by atoms with Crippen molar-refractivity contribution >= 4 is 33.4 Å². The van der Waals surface area contributed by atoms with Gasteiger partial charge in [-0.3, -0.25) is 19.4 Å². The lowest BCUT2D eigenvalue weighted by Crippen LogP contribution is -2.53. The minimum Gasteiger partial charge on any atom is -0.289 e. The van der Waals surface area contributed by atoms with E-state index < -0.39 is 21.9 Å². The van der Waals surface area contributed by atoms with Crippen molar-refractivity contribution in [2.24, 2.45) is 0 Å². The molecule has 2 saturated heterocycles. The number of halogens is 2. The molecule has 1 unspecified atom stereocenters. The predicted octanol–water partition coefficient (Wildman–Crippen LogP) is 2.16. The normalized spacial score (nSPS) is 20.8. The first-order chi connectivity index (χ1) is 15.3. The number of nitrogens with zero attached hydrogens (tertiary/aromatic N) is 3. The summed E-state index contributed by atoms with van der Waals surface area (Å²) in [5.74, 6) is -1.11. The zero-order valence-electron chi connectivity index (χ0n) is 17.3. The highest BCUT2D eigenvalue weighted by molar-refractivity contribution is 7.89. The number of hydrogen-bond acceptors (Lipinski definition) is 5. The van der Waals surface area contributed by atoms with Gasteiger partial charge < -0.3 is 0 Å². The Bertz CT molecular complexity index is 1120. The number of piperazine rings is 1. The Morgan fingerprint density at radius 1 is 1.00 bits per heavy atom. The van der Waals surface area contributed by atoms with E-state index in [2.05, 4.69) is 0 Å². The van der Waals surface area contributed by atoms with Gasteiger partial charge in [0, 0.05) is 32.7 Å². The molecule has 0 spiro atoms. The second-order valence-electron chi connectivity index (χ2n) is 7.86. The average Bonchev–Trinajstić information content (AvgIpc) is 3.08. The Morgan fingerprint density at radius 2 is 1.69 bits per heavy atom. The maximum absolute atomic E-state index is 13.4. The standard InChI is InChI=1S/C22H23ClFN3O4S/c23-18-14-17(6-7-19(18)24)32(30,31)26-12-10-25(11-13-26)20-15-21(28)27(22(20)29)9-8-16-4-2-1-3-5-16/h1-7,14,20H,8-13,15H2. The van der Waals surface area contributed by atoms with E-state index in [1.165, 1.54) is 15.3 Å². The summed E-state index contributed by atoms with van der Waals surface area (Å²) in [7, 11) is -3.83. The number of carbonyl (C=O) groups is 2. The molecular formula is C22H23ClFN3O4S. The van der Waals surface area contributed by atoms with Crippen molar-refractivity contribution in [2.45, 2.75) is 23.8 Å². The first-order valence-corrected chi connectivity index (χ1v) is 12.2. The Labute approximate surface area is 191 Å². The highest BCUT2D eigenvalue weighted by Crippen LogP contribution is 2.25. The third-order valence-corrected chi connectivity index (χ3v) is 8.11. The van der Waals surface area contributed by atoms with Crippen LogP contribution in [-0.4, -0.2) is 73.1 Å². The second kappa shape index (κ2) is 9.27. The molecule has 0 saturated carbocycles. The van der Waals surface area contributed by atoms with E-state index in [0.717, 1.165) is 17.7 Å². The van der Waals surface area contributed by atoms with Gasteiger partial charge in [0.15, 0.2) is 0 Å². The van der Waals surface area contributed by atoms with Crippen LogP contribution in [0.3, 0.4) is 0 Å². The van der Waals surface area contributed by atoms with Crippen molar-refractivity contribution in [1.82, 2.24) is 14.1 Å². The minimum absolute atomic E-state index is 0.0726. The van der Waals surface area contributed by atoms with Crippen molar-refractivity contribution in [3.8, 4) is 0 Å². The van der Waals surface area contributed by atoms with Crippen molar-refractivity contribution in [3.05, 3.63) is 64.9 Å². The fourth-order valence-electron chi connectivity index (χ4n) is 4.11. The molecule has 4 rings (SSSR count). The van der Waals surface area contributed by atoms with Crippen LogP contribution >= 0.6 is 11.6 Å². The van der Waals surface area contributed by atoms with Crippen molar-refractivity contribution < 1.29 is 22.4 Å². The molecule has 32 heavy (non-hydrogen) atoms. The van der Waals surface area contributed by atoms with Gasteiger partial charge in [-0.2, -0.15) is 4.31 Å². The van der Waals surface area contributed by atoms with Gasteiger partial charge in [0.2, 0.25) is 21.8 Å². The fourth-order valence-corrected chi connectivity index (χ4v) is 5.81. The van der Waals surface area contributed by atoms with Gasteiger partial charge in [-0.05, 0) is 30.2 Å². The molecule has 2 aliphatic rings. The van der Waals surface area contributed by atoms with Crippen LogP contribution in [0.1, 0.15) is 12.0 Å². The van der Waals surface area contributed by atoms with Crippen LogP contribution in [-0.2, 0) is 26.0 Å². The van der Waals surface area contributed by atoms with Crippen LogP contribution in [0, 0.1) is 5.82 Å². The smallest absolute Gasteiger partial charge is 0.247 e. The molecule has 10 heteroatoms. The average molecular weight is 480 g/mol. The van der Waals surface area contributed by atoms with Crippen LogP contribution in [0.25, 0.3) is 0 Å². The molecule has 2 aliphatic heterocycles. The third-order valence-electron chi connectivity index (χ3n) is 5.93. The van der Waals surface area contributed by atoms with Gasteiger partial charge in [-0.15, -0.1) is 0 Å². The van der Waals surface area contributed by atoms with Crippen LogP contribution < -0.4 is 0 Å². The van der Waals surface area contributed by atoms with Crippen molar-refractivity contribution in [3.63, 3.8) is 0 Å². The first kappa shape index (κ1) is 22.8. The summed E-state index contributed by atoms with van der Waals surface area (Å²) < 4.78 is 40.4. The Hall–Kier alpha value is -2.33. The highest BCUT2D eigenvalue weighted by Gasteiger charge is 2.43. The molecule has 2 fully saturated rings. The zero-order chi connectivity index (χ0) is 22.9. The number of imide groups is 1. The van der Waals surface area contributed by atoms with E-state index in [4.69, 9.17) is 11.6 Å². The number of rotatable bonds is 6. The number of carbonyl (C=O) groups excluding carboxylic acids is 2. The largest absolute Gasteiger partial charge is 0.289 e. The molecule has 2 amide bonds. The molecule has 1 atom stereocenters. The molecule has 2 aromatic carbocycles. The summed E-state index contributed by atoms with van der Waals surface area (Å²) >= 11 is 5.74. The predicted molar refractivity (Wildman–Crippen MR) is 117 cm³/mol. The molecule has 0 N–H and O–H groups in total. The van der Waals surface area contributed by atoms with Crippen LogP contribution in [0.4, 0.5) is 4.39 Å². The molecule has 0 aromatic heterocycles. The van der Waals surface area contributed by atoms with E-state index in [1.54, 1.807) is 0 Å². The van der Waals surface area contributed by atoms with Gasteiger partial charge in [-0.25, -0.2) is 12.8 Å². The lowest BCUT2D eigenvalue weighted by Gasteiger charge is -2.36. The van der Waals surface area contributed by atoms with Gasteiger partial charge >= 0.3 is 0 Å². The first-order valence-electron chi connectivity index (χ1n) is 10.3. The molecule has 2 heterocycles. The molecule has 0 aliphatic carbocycles. The Balaban J connectivity index is 1.37. The molecule has 7 nitrogen and oxygen atoms in total. The monoisotopic (exact) mass is 479 g/mol. The third kappa shape index (κ3) is 4.56. The topological polar surface area (TPSA) is 78.0 Å².